The van der Waals surface area contributed by atoms with Gasteiger partial charge in [-0.1, -0.05) is 26.7 Å². The Hall–Kier alpha value is -0.500. The van der Waals surface area contributed by atoms with Gasteiger partial charge in [-0.15, -0.1) is 0 Å². The summed E-state index contributed by atoms with van der Waals surface area (Å²) in [6, 6.07) is 0. The fourth-order valence-electron chi connectivity index (χ4n) is 2.93. The van der Waals surface area contributed by atoms with Gasteiger partial charge in [-0.2, -0.15) is 0 Å². The fourth-order valence-corrected chi connectivity index (χ4v) is 2.93. The van der Waals surface area contributed by atoms with Gasteiger partial charge in [0.25, 0.3) is 0 Å². The largest absolute Gasteiger partial charge is 0.329 e. The molecule has 15 heavy (non-hydrogen) atoms. The molecule has 0 aromatic rings. The molecule has 1 aliphatic heterocycles. The van der Waals surface area contributed by atoms with Crippen molar-refractivity contribution in [3.63, 3.8) is 0 Å². The Labute approximate surface area is 93.5 Å². The number of hydrogen-bond acceptors (Lipinski definition) is 2. The van der Waals surface area contributed by atoms with Crippen LogP contribution in [-0.2, 0) is 0 Å². The summed E-state index contributed by atoms with van der Waals surface area (Å²) in [5.41, 5.74) is 8.06. The Kier molecular flexibility index (Phi) is 3.68. The van der Waals surface area contributed by atoms with Crippen molar-refractivity contribution < 1.29 is 0 Å². The van der Waals surface area contributed by atoms with Crippen molar-refractivity contribution in [2.45, 2.75) is 46.0 Å². The molecule has 0 spiro atoms. The number of nitrogens with one attached hydrogen (secondary N) is 2. The van der Waals surface area contributed by atoms with Crippen LogP contribution in [0.15, 0.2) is 11.8 Å². The van der Waals surface area contributed by atoms with Crippen LogP contribution in [0.25, 0.3) is 0 Å². The van der Waals surface area contributed by atoms with Crippen LogP contribution in [0, 0.1) is 17.8 Å². The first-order chi connectivity index (χ1) is 7.27. The van der Waals surface area contributed by atoms with E-state index in [0.717, 1.165) is 24.3 Å². The second-order valence-electron chi connectivity index (χ2n) is 5.42. The Morgan fingerprint density at radius 1 is 1.27 bits per heavy atom. The van der Waals surface area contributed by atoms with Gasteiger partial charge in [0, 0.05) is 12.7 Å². The van der Waals surface area contributed by atoms with Gasteiger partial charge in [0.1, 0.15) is 0 Å². The fraction of sp³-hybridized carbons (Fsp3) is 0.846. The Morgan fingerprint density at radius 3 is 2.93 bits per heavy atom. The minimum absolute atomic E-state index is 0.805. The third kappa shape index (κ3) is 2.75. The molecule has 2 N–H and O–H groups in total. The van der Waals surface area contributed by atoms with Gasteiger partial charge in [-0.25, -0.2) is 5.43 Å². The smallest absolute Gasteiger partial charge is 0.0214 e. The molecule has 1 fully saturated rings. The Balaban J connectivity index is 1.97. The van der Waals surface area contributed by atoms with Gasteiger partial charge in [0.05, 0.1) is 0 Å². The Morgan fingerprint density at radius 2 is 2.13 bits per heavy atom. The quantitative estimate of drug-likeness (QED) is 0.692. The lowest BCUT2D eigenvalue weighted by Gasteiger charge is -2.31. The summed E-state index contributed by atoms with van der Waals surface area (Å²) in [7, 11) is 0. The van der Waals surface area contributed by atoms with Gasteiger partial charge in [0.2, 0.25) is 0 Å². The van der Waals surface area contributed by atoms with Gasteiger partial charge in [-0.3, -0.25) is 0 Å². The number of fused-ring (bicyclic) bond motifs is 1. The molecular weight excluding hydrogens is 184 g/mol. The SMILES string of the molecule is CC(C)C1CCCC2CNNC=C2CC1. The van der Waals surface area contributed by atoms with E-state index < -0.39 is 0 Å². The van der Waals surface area contributed by atoms with Crippen LogP contribution >= 0.6 is 0 Å². The van der Waals surface area contributed by atoms with E-state index >= 15 is 0 Å². The van der Waals surface area contributed by atoms with Crippen LogP contribution < -0.4 is 10.9 Å². The molecule has 0 bridgehead atoms. The summed E-state index contributed by atoms with van der Waals surface area (Å²) < 4.78 is 0. The molecule has 2 unspecified atom stereocenters. The zero-order chi connectivity index (χ0) is 10.7. The maximum Gasteiger partial charge on any atom is 0.0214 e. The summed E-state index contributed by atoms with van der Waals surface area (Å²) >= 11 is 0. The standard InChI is InChI=1S/C13H24N2/c1-10(2)11-4-3-5-12-8-14-15-9-13(12)7-6-11/h9-12,14-15H,3-8H2,1-2H3. The molecular formula is C13H24N2. The lowest BCUT2D eigenvalue weighted by molar-refractivity contribution is 0.287. The molecule has 2 aliphatic rings. The summed E-state index contributed by atoms with van der Waals surface area (Å²) in [4.78, 5) is 0. The van der Waals surface area contributed by atoms with E-state index in [1.807, 2.05) is 0 Å². The van der Waals surface area contributed by atoms with Gasteiger partial charge in [-0.05, 0) is 42.6 Å². The Bertz CT molecular complexity index is 233. The van der Waals surface area contributed by atoms with E-state index in [-0.39, 0.29) is 0 Å². The first-order valence-electron chi connectivity index (χ1n) is 6.44. The van der Waals surface area contributed by atoms with E-state index in [1.54, 1.807) is 5.57 Å². The van der Waals surface area contributed by atoms with Crippen molar-refractivity contribution in [1.82, 2.24) is 10.9 Å². The van der Waals surface area contributed by atoms with Crippen molar-refractivity contribution in [1.29, 1.82) is 0 Å². The highest BCUT2D eigenvalue weighted by molar-refractivity contribution is 5.09. The molecule has 1 heterocycles. The summed E-state index contributed by atoms with van der Waals surface area (Å²) in [6.07, 6.45) is 9.13. The molecule has 86 valence electrons. The summed E-state index contributed by atoms with van der Waals surface area (Å²) in [5.74, 6) is 2.61. The van der Waals surface area contributed by atoms with Gasteiger partial charge < -0.3 is 5.43 Å². The number of rotatable bonds is 1. The van der Waals surface area contributed by atoms with Crippen molar-refractivity contribution in [2.75, 3.05) is 6.54 Å². The van der Waals surface area contributed by atoms with Crippen LogP contribution in [0.2, 0.25) is 0 Å². The molecule has 2 heteroatoms. The molecule has 1 saturated carbocycles. The third-order valence-corrected chi connectivity index (χ3v) is 4.11. The highest BCUT2D eigenvalue weighted by Crippen LogP contribution is 2.33. The van der Waals surface area contributed by atoms with Crippen LogP contribution in [0.4, 0.5) is 0 Å². The molecule has 1 aliphatic carbocycles. The van der Waals surface area contributed by atoms with E-state index in [2.05, 4.69) is 30.9 Å². The second kappa shape index (κ2) is 5.02. The third-order valence-electron chi connectivity index (χ3n) is 4.11. The normalized spacial score (nSPS) is 32.3. The van der Waals surface area contributed by atoms with E-state index in [1.165, 1.54) is 32.1 Å². The lowest BCUT2D eigenvalue weighted by Crippen LogP contribution is -2.38. The number of hydrazine groups is 1. The second-order valence-corrected chi connectivity index (χ2v) is 5.42. The molecule has 0 aromatic carbocycles. The first-order valence-corrected chi connectivity index (χ1v) is 6.44. The van der Waals surface area contributed by atoms with Crippen molar-refractivity contribution in [3.05, 3.63) is 11.8 Å². The maximum absolute atomic E-state index is 3.24. The van der Waals surface area contributed by atoms with Crippen LogP contribution in [-0.4, -0.2) is 6.54 Å². The summed E-state index contributed by atoms with van der Waals surface area (Å²) in [5, 5.41) is 0. The van der Waals surface area contributed by atoms with E-state index in [4.69, 9.17) is 0 Å². The maximum atomic E-state index is 3.24. The van der Waals surface area contributed by atoms with Crippen molar-refractivity contribution in [3.8, 4) is 0 Å². The monoisotopic (exact) mass is 208 g/mol. The molecule has 0 radical (unpaired) electrons. The average molecular weight is 208 g/mol. The van der Waals surface area contributed by atoms with E-state index in [0.29, 0.717) is 0 Å². The van der Waals surface area contributed by atoms with Crippen molar-refractivity contribution in [2.24, 2.45) is 17.8 Å². The minimum Gasteiger partial charge on any atom is -0.329 e. The topological polar surface area (TPSA) is 24.1 Å². The van der Waals surface area contributed by atoms with Crippen LogP contribution in [0.3, 0.4) is 0 Å². The molecule has 0 aromatic heterocycles. The predicted molar refractivity (Wildman–Crippen MR) is 64.1 cm³/mol. The highest BCUT2D eigenvalue weighted by atomic mass is 15.3. The lowest BCUT2D eigenvalue weighted by atomic mass is 9.78. The molecule has 2 atom stereocenters. The van der Waals surface area contributed by atoms with Crippen LogP contribution in [0.1, 0.15) is 46.0 Å². The molecule has 0 amide bonds. The molecule has 0 saturated heterocycles. The summed E-state index contributed by atoms with van der Waals surface area (Å²) in [6.45, 7) is 5.87. The zero-order valence-corrected chi connectivity index (χ0v) is 10.1. The van der Waals surface area contributed by atoms with Crippen LogP contribution in [0.5, 0.6) is 0 Å². The van der Waals surface area contributed by atoms with E-state index in [9.17, 15) is 0 Å². The van der Waals surface area contributed by atoms with Gasteiger partial charge >= 0.3 is 0 Å². The first kappa shape index (κ1) is 11.0. The zero-order valence-electron chi connectivity index (χ0n) is 10.1. The highest BCUT2D eigenvalue weighted by Gasteiger charge is 2.23. The molecule has 2 nitrogen and oxygen atoms in total. The van der Waals surface area contributed by atoms with Gasteiger partial charge in [0.15, 0.2) is 0 Å². The minimum atomic E-state index is 0.805. The van der Waals surface area contributed by atoms with Crippen molar-refractivity contribution >= 4 is 0 Å². The number of hydrogen-bond donors (Lipinski definition) is 2. The average Bonchev–Trinajstić information content (AvgIpc) is 2.18. The predicted octanol–water partition coefficient (Wildman–Crippen LogP) is 2.83. The molecule has 2 rings (SSSR count).